The summed E-state index contributed by atoms with van der Waals surface area (Å²) in [5.74, 6) is -0.396. The molecule has 0 aliphatic heterocycles. The average Bonchev–Trinajstić information content (AvgIpc) is 2.93. The van der Waals surface area contributed by atoms with E-state index in [1.807, 2.05) is 0 Å². The Morgan fingerprint density at radius 2 is 1.77 bits per heavy atom. The third kappa shape index (κ3) is 5.64. The molecule has 0 radical (unpaired) electrons. The molecule has 0 bridgehead atoms. The van der Waals surface area contributed by atoms with Crippen molar-refractivity contribution in [3.8, 4) is 17.1 Å². The van der Waals surface area contributed by atoms with Crippen molar-refractivity contribution >= 4 is 67.9 Å². The zero-order valence-corrected chi connectivity index (χ0v) is 23.2. The number of nitrogens with zero attached hydrogens (tertiary/aromatic N) is 4. The van der Waals surface area contributed by atoms with Crippen molar-refractivity contribution in [2.24, 2.45) is 5.10 Å². The zero-order valence-electron chi connectivity index (χ0n) is 20.1. The minimum atomic E-state index is -0.713. The Morgan fingerprint density at radius 1 is 1.02 bits per heavy atom. The Hall–Kier alpha value is -4.38. The first-order chi connectivity index (χ1) is 19.2. The summed E-state index contributed by atoms with van der Waals surface area (Å²) < 4.78 is 7.36. The number of hydrogen-bond donors (Lipinski definition) is 0. The molecule has 1 heterocycles. The fraction of sp³-hybridized carbons (Fsp3) is 0. The van der Waals surface area contributed by atoms with Gasteiger partial charge in [0.25, 0.3) is 11.2 Å². The van der Waals surface area contributed by atoms with Crippen LogP contribution in [0, 0.1) is 10.1 Å². The highest BCUT2D eigenvalue weighted by atomic mass is 79.9. The number of esters is 1. The summed E-state index contributed by atoms with van der Waals surface area (Å²) in [6, 6.07) is 21.7. The lowest BCUT2D eigenvalue weighted by Gasteiger charge is -2.11. The summed E-state index contributed by atoms with van der Waals surface area (Å²) in [5, 5.41) is 16.3. The Morgan fingerprint density at radius 3 is 2.50 bits per heavy atom. The van der Waals surface area contributed by atoms with Crippen LogP contribution in [0.1, 0.15) is 15.9 Å². The lowest BCUT2D eigenvalue weighted by molar-refractivity contribution is -0.384. The van der Waals surface area contributed by atoms with Crippen molar-refractivity contribution in [2.45, 2.75) is 0 Å². The largest absolute Gasteiger partial charge is 0.422 e. The Balaban J connectivity index is 1.59. The molecule has 4 aromatic carbocycles. The van der Waals surface area contributed by atoms with Crippen LogP contribution in [0.25, 0.3) is 22.3 Å². The number of ether oxygens (including phenoxy) is 1. The quantitative estimate of drug-likeness (QED) is 0.0642. The molecule has 1 aromatic heterocycles. The maximum absolute atomic E-state index is 13.5. The molecule has 40 heavy (non-hydrogen) atoms. The van der Waals surface area contributed by atoms with E-state index in [0.717, 1.165) is 4.68 Å². The van der Waals surface area contributed by atoms with Crippen molar-refractivity contribution in [3.05, 3.63) is 131 Å². The van der Waals surface area contributed by atoms with Crippen LogP contribution in [0.4, 0.5) is 5.69 Å². The number of halogens is 3. The van der Waals surface area contributed by atoms with Crippen molar-refractivity contribution in [2.75, 3.05) is 0 Å². The molecule has 12 heteroatoms. The third-order valence-electron chi connectivity index (χ3n) is 5.73. The van der Waals surface area contributed by atoms with Crippen molar-refractivity contribution < 1.29 is 14.5 Å². The number of hydrogen-bond acceptors (Lipinski definition) is 7. The molecule has 0 saturated heterocycles. The summed E-state index contributed by atoms with van der Waals surface area (Å²) in [4.78, 5) is 41.5. The first-order valence-corrected chi connectivity index (χ1v) is 13.0. The van der Waals surface area contributed by atoms with Gasteiger partial charge < -0.3 is 4.74 Å². The number of nitro groups is 1. The number of benzene rings is 4. The molecule has 0 aliphatic rings. The van der Waals surface area contributed by atoms with E-state index in [0.29, 0.717) is 31.5 Å². The molecular weight excluding hydrogens is 623 g/mol. The van der Waals surface area contributed by atoms with E-state index in [1.165, 1.54) is 48.7 Å². The molecule has 198 valence electrons. The van der Waals surface area contributed by atoms with Gasteiger partial charge in [-0.3, -0.25) is 14.9 Å². The predicted molar refractivity (Wildman–Crippen MR) is 157 cm³/mol. The number of para-hydroxylation sites is 1. The average molecular weight is 638 g/mol. The molecule has 5 aromatic rings. The van der Waals surface area contributed by atoms with E-state index in [9.17, 15) is 19.7 Å². The van der Waals surface area contributed by atoms with E-state index in [-0.39, 0.29) is 27.8 Å². The minimum Gasteiger partial charge on any atom is -0.422 e. The molecule has 0 N–H and O–H groups in total. The minimum absolute atomic E-state index is 0.108. The van der Waals surface area contributed by atoms with Crippen LogP contribution in [-0.2, 0) is 0 Å². The second-order valence-corrected chi connectivity index (χ2v) is 10.1. The topological polar surface area (TPSA) is 117 Å². The number of fused-ring (bicyclic) bond motifs is 1. The first-order valence-electron chi connectivity index (χ1n) is 11.5. The number of carbonyl (C=O) groups is 1. The van der Waals surface area contributed by atoms with Crippen molar-refractivity contribution in [1.82, 2.24) is 9.66 Å². The van der Waals surface area contributed by atoms with Crippen molar-refractivity contribution in [1.29, 1.82) is 0 Å². The SMILES string of the molecule is O=C(Oc1ccc(Br)cc1C=Nn1c(-c2ccc([N+](=O)[O-])cc2)nc2ccccc2c1=O)c1ccc(Cl)cc1Cl. The third-order valence-corrected chi connectivity index (χ3v) is 6.77. The standard InChI is InChI=1S/C28H15BrCl2N4O5/c29-18-7-12-25(40-28(37)21-11-8-19(30)14-23(21)31)17(13-18)15-32-34-26(16-5-9-20(10-6-16)35(38)39)33-24-4-2-1-3-22(24)27(34)36/h1-15H. The highest BCUT2D eigenvalue weighted by molar-refractivity contribution is 9.10. The van der Waals surface area contributed by atoms with Crippen LogP contribution >= 0.6 is 39.1 Å². The molecule has 0 unspecified atom stereocenters. The molecule has 0 saturated carbocycles. The van der Waals surface area contributed by atoms with Crippen LogP contribution in [-0.4, -0.2) is 26.8 Å². The first kappa shape index (κ1) is 27.2. The summed E-state index contributed by atoms with van der Waals surface area (Å²) in [5.41, 5.74) is 0.780. The lowest BCUT2D eigenvalue weighted by Crippen LogP contribution is -2.20. The van der Waals surface area contributed by atoms with Gasteiger partial charge in [-0.2, -0.15) is 9.78 Å². The monoisotopic (exact) mass is 636 g/mol. The van der Waals surface area contributed by atoms with Gasteiger partial charge in [-0.25, -0.2) is 9.78 Å². The second-order valence-electron chi connectivity index (χ2n) is 8.31. The smallest absolute Gasteiger partial charge is 0.345 e. The van der Waals surface area contributed by atoms with Gasteiger partial charge in [-0.1, -0.05) is 51.3 Å². The molecule has 0 aliphatic carbocycles. The highest BCUT2D eigenvalue weighted by Crippen LogP contribution is 2.27. The normalized spacial score (nSPS) is 11.2. The van der Waals surface area contributed by atoms with E-state index in [4.69, 9.17) is 27.9 Å². The maximum Gasteiger partial charge on any atom is 0.345 e. The fourth-order valence-corrected chi connectivity index (χ4v) is 4.66. The van der Waals surface area contributed by atoms with Gasteiger partial charge in [0, 0.05) is 32.8 Å². The van der Waals surface area contributed by atoms with E-state index in [1.54, 1.807) is 42.5 Å². The second kappa shape index (κ2) is 11.4. The fourth-order valence-electron chi connectivity index (χ4n) is 3.79. The van der Waals surface area contributed by atoms with Gasteiger partial charge in [0.2, 0.25) is 0 Å². The number of rotatable bonds is 6. The summed E-state index contributed by atoms with van der Waals surface area (Å²) >= 11 is 15.5. The molecule has 0 atom stereocenters. The number of non-ortho nitro benzene ring substituents is 1. The van der Waals surface area contributed by atoms with Gasteiger partial charge in [0.1, 0.15) is 5.75 Å². The predicted octanol–water partition coefficient (Wildman–Crippen LogP) is 7.14. The maximum atomic E-state index is 13.5. The van der Waals surface area contributed by atoms with Gasteiger partial charge in [-0.05, 0) is 60.7 Å². The Labute approximate surface area is 244 Å². The van der Waals surface area contributed by atoms with Gasteiger partial charge in [0.15, 0.2) is 5.82 Å². The molecule has 0 amide bonds. The van der Waals surface area contributed by atoms with E-state index in [2.05, 4.69) is 26.0 Å². The Bertz CT molecular complexity index is 1890. The molecular formula is C28H15BrCl2N4O5. The van der Waals surface area contributed by atoms with Crippen LogP contribution in [0.15, 0.2) is 99.3 Å². The lowest BCUT2D eigenvalue weighted by atomic mass is 10.1. The molecule has 0 spiro atoms. The van der Waals surface area contributed by atoms with Crippen LogP contribution in [0.2, 0.25) is 10.0 Å². The molecule has 5 rings (SSSR count). The van der Waals surface area contributed by atoms with Gasteiger partial charge in [-0.15, -0.1) is 0 Å². The summed E-state index contributed by atoms with van der Waals surface area (Å²) in [7, 11) is 0. The highest BCUT2D eigenvalue weighted by Gasteiger charge is 2.17. The van der Waals surface area contributed by atoms with Crippen LogP contribution in [0.3, 0.4) is 0 Å². The summed E-state index contributed by atoms with van der Waals surface area (Å²) in [6.07, 6.45) is 1.35. The number of nitro benzene ring substituents is 1. The number of carbonyl (C=O) groups excluding carboxylic acids is 1. The molecule has 9 nitrogen and oxygen atoms in total. The summed E-state index contributed by atoms with van der Waals surface area (Å²) in [6.45, 7) is 0. The van der Waals surface area contributed by atoms with Crippen molar-refractivity contribution in [3.63, 3.8) is 0 Å². The van der Waals surface area contributed by atoms with E-state index < -0.39 is 16.5 Å². The van der Waals surface area contributed by atoms with E-state index >= 15 is 0 Å². The Kier molecular flexibility index (Phi) is 7.74. The van der Waals surface area contributed by atoms with Crippen LogP contribution < -0.4 is 10.3 Å². The molecule has 0 fully saturated rings. The van der Waals surface area contributed by atoms with Crippen LogP contribution in [0.5, 0.6) is 5.75 Å². The van der Waals surface area contributed by atoms with Gasteiger partial charge in [0.05, 0.1) is 32.6 Å². The number of aromatic nitrogens is 2. The zero-order chi connectivity index (χ0) is 28.4. The van der Waals surface area contributed by atoms with Gasteiger partial charge >= 0.3 is 5.97 Å².